The van der Waals surface area contributed by atoms with Crippen molar-refractivity contribution in [3.05, 3.63) is 66.7 Å². The number of rotatable bonds is 10. The number of nitrogens with zero attached hydrogens (tertiary/aromatic N) is 7. The summed E-state index contributed by atoms with van der Waals surface area (Å²) in [5.74, 6) is 0.220. The van der Waals surface area contributed by atoms with Gasteiger partial charge in [-0.05, 0) is 43.9 Å². The van der Waals surface area contributed by atoms with E-state index in [4.69, 9.17) is 9.97 Å². The van der Waals surface area contributed by atoms with Gasteiger partial charge in [-0.1, -0.05) is 30.3 Å². The minimum Gasteiger partial charge on any atom is -0.394 e. The molecule has 0 bridgehead atoms. The van der Waals surface area contributed by atoms with Gasteiger partial charge >= 0.3 is 12.1 Å². The first-order valence-electron chi connectivity index (χ1n) is 16.6. The maximum Gasteiger partial charge on any atom is 0.325 e. The summed E-state index contributed by atoms with van der Waals surface area (Å²) in [7, 11) is 0. The summed E-state index contributed by atoms with van der Waals surface area (Å²) in [6, 6.07) is 9.08. The highest BCUT2D eigenvalue weighted by molar-refractivity contribution is 6.04. The molecule has 7 unspecified atom stereocenters. The van der Waals surface area contributed by atoms with Crippen LogP contribution < -0.4 is 26.2 Å². The number of anilines is 3. The van der Waals surface area contributed by atoms with Crippen molar-refractivity contribution in [2.24, 2.45) is 0 Å². The van der Waals surface area contributed by atoms with Crippen LogP contribution in [0.5, 0.6) is 0 Å². The first-order valence-corrected chi connectivity index (χ1v) is 16.6. The lowest BCUT2D eigenvalue weighted by Gasteiger charge is -2.24. The molecule has 7 rings (SSSR count). The fourth-order valence-electron chi connectivity index (χ4n) is 6.95. The molecule has 1 aliphatic carbocycles. The van der Waals surface area contributed by atoms with Gasteiger partial charge in [-0.3, -0.25) is 14.7 Å². The van der Waals surface area contributed by atoms with Gasteiger partial charge in [0.15, 0.2) is 17.0 Å². The molecule has 4 aromatic rings. The third-order valence-electron chi connectivity index (χ3n) is 9.50. The molecule has 1 aromatic carbocycles. The largest absolute Gasteiger partial charge is 0.394 e. The van der Waals surface area contributed by atoms with Crippen molar-refractivity contribution >= 4 is 46.6 Å². The number of benzene rings is 1. The Kier molecular flexibility index (Phi) is 9.18. The Morgan fingerprint density at radius 1 is 1.08 bits per heavy atom. The number of urea groups is 2. The fourth-order valence-corrected chi connectivity index (χ4v) is 6.95. The normalized spacial score (nSPS) is 25.6. The summed E-state index contributed by atoms with van der Waals surface area (Å²) < 4.78 is 1.64. The first-order chi connectivity index (χ1) is 24.2. The Bertz CT molecular complexity index is 1860. The highest BCUT2D eigenvalue weighted by atomic mass is 16.3. The lowest BCUT2D eigenvalue weighted by molar-refractivity contribution is -0.130. The molecule has 2 saturated heterocycles. The second kappa shape index (κ2) is 13.9. The number of fused-ring (bicyclic) bond motifs is 1. The second-order valence-electron chi connectivity index (χ2n) is 12.9. The zero-order valence-corrected chi connectivity index (χ0v) is 27.3. The molecule has 0 spiro atoms. The van der Waals surface area contributed by atoms with Crippen LogP contribution >= 0.6 is 0 Å². The van der Waals surface area contributed by atoms with Gasteiger partial charge in [0, 0.05) is 25.3 Å². The third-order valence-corrected chi connectivity index (χ3v) is 9.50. The number of aliphatic hydroxyl groups excluding tert-OH is 3. The lowest BCUT2D eigenvalue weighted by Crippen LogP contribution is -2.47. The minimum atomic E-state index is -1.40. The Hall–Kier alpha value is -5.39. The molecule has 7 atom stereocenters. The number of aromatic nitrogens is 5. The molecule has 3 aromatic heterocycles. The van der Waals surface area contributed by atoms with E-state index in [0.717, 1.165) is 10.5 Å². The van der Waals surface area contributed by atoms with Crippen LogP contribution in [0.25, 0.3) is 11.2 Å². The molecular formula is C33H39N11O6. The SMILES string of the molecule is CC1NC(=O)N(C2CC(n3cnc4c(NC(CO)Cc5ccccc5)nc(N5CCC(NC(=O)Nc6cccnc6)C5)nc43)C(O)C2O)C1=O. The van der Waals surface area contributed by atoms with Crippen molar-refractivity contribution in [2.75, 3.05) is 35.2 Å². The molecule has 5 heterocycles. The van der Waals surface area contributed by atoms with Crippen LogP contribution in [-0.4, -0.2) is 119 Å². The maximum absolute atomic E-state index is 12.8. The first kappa shape index (κ1) is 33.1. The van der Waals surface area contributed by atoms with E-state index >= 15 is 0 Å². The van der Waals surface area contributed by atoms with Gasteiger partial charge in [0.05, 0.1) is 42.9 Å². The van der Waals surface area contributed by atoms with E-state index in [0.29, 0.717) is 54.5 Å². The minimum absolute atomic E-state index is 0.0663. The van der Waals surface area contributed by atoms with Crippen LogP contribution in [0, 0.1) is 0 Å². The number of carbonyl (C=O) groups is 3. The van der Waals surface area contributed by atoms with E-state index in [-0.39, 0.29) is 25.1 Å². The monoisotopic (exact) mass is 685 g/mol. The van der Waals surface area contributed by atoms with Gasteiger partial charge in [0.1, 0.15) is 18.2 Å². The molecule has 50 heavy (non-hydrogen) atoms. The van der Waals surface area contributed by atoms with Gasteiger partial charge in [-0.15, -0.1) is 0 Å². The Morgan fingerprint density at radius 3 is 2.60 bits per heavy atom. The molecule has 7 N–H and O–H groups in total. The predicted molar refractivity (Wildman–Crippen MR) is 181 cm³/mol. The standard InChI is InChI=1S/C33H39N11O6/c1-18-30(48)44(33(50)36-18)24-13-23(26(46)27(24)47)43-17-35-25-28(37-22(16-45)12-19-6-3-2-4-7-19)40-31(41-29(25)43)42-11-9-21(15-42)39-32(49)38-20-8-5-10-34-14-20/h2-8,10,14,17-18,21-24,26-27,45-47H,9,11-13,15-16H2,1H3,(H,36,50)(H,37,40,41)(H2,38,39,49). The highest BCUT2D eigenvalue weighted by Crippen LogP contribution is 2.38. The molecule has 3 aliphatic rings. The van der Waals surface area contributed by atoms with Crippen molar-refractivity contribution < 1.29 is 29.7 Å². The molecule has 17 nitrogen and oxygen atoms in total. The van der Waals surface area contributed by atoms with Crippen LogP contribution in [0.4, 0.5) is 27.0 Å². The number of imide groups is 1. The zero-order chi connectivity index (χ0) is 34.9. The molecule has 17 heteroatoms. The van der Waals surface area contributed by atoms with Crippen LogP contribution in [-0.2, 0) is 11.2 Å². The van der Waals surface area contributed by atoms with Crippen molar-refractivity contribution in [3.63, 3.8) is 0 Å². The molecule has 3 fully saturated rings. The third kappa shape index (κ3) is 6.49. The number of imidazole rings is 1. The van der Waals surface area contributed by atoms with E-state index in [1.807, 2.05) is 35.2 Å². The zero-order valence-electron chi connectivity index (χ0n) is 27.3. The van der Waals surface area contributed by atoms with Gasteiger partial charge in [0.2, 0.25) is 5.95 Å². The second-order valence-corrected chi connectivity index (χ2v) is 12.9. The summed E-state index contributed by atoms with van der Waals surface area (Å²) in [5, 5.41) is 44.3. The topological polar surface area (TPSA) is 223 Å². The van der Waals surface area contributed by atoms with Crippen LogP contribution in [0.3, 0.4) is 0 Å². The van der Waals surface area contributed by atoms with Gasteiger partial charge in [-0.25, -0.2) is 14.6 Å². The molecular weight excluding hydrogens is 646 g/mol. The van der Waals surface area contributed by atoms with E-state index in [9.17, 15) is 29.7 Å². The number of hydrogen-bond donors (Lipinski definition) is 7. The van der Waals surface area contributed by atoms with Crippen LogP contribution in [0.1, 0.15) is 31.4 Å². The van der Waals surface area contributed by atoms with Gasteiger partial charge in [-0.2, -0.15) is 9.97 Å². The Morgan fingerprint density at radius 2 is 1.88 bits per heavy atom. The van der Waals surface area contributed by atoms with Gasteiger partial charge < -0.3 is 46.1 Å². The summed E-state index contributed by atoms with van der Waals surface area (Å²) in [5.41, 5.74) is 2.30. The van der Waals surface area contributed by atoms with E-state index < -0.39 is 48.3 Å². The quantitative estimate of drug-likeness (QED) is 0.114. The average Bonchev–Trinajstić information content (AvgIpc) is 3.88. The van der Waals surface area contributed by atoms with E-state index in [1.54, 1.807) is 36.0 Å². The van der Waals surface area contributed by atoms with E-state index in [2.05, 4.69) is 31.2 Å². The molecule has 262 valence electrons. The smallest absolute Gasteiger partial charge is 0.325 e. The number of pyridine rings is 1. The maximum atomic E-state index is 12.8. The average molecular weight is 686 g/mol. The molecule has 0 radical (unpaired) electrons. The van der Waals surface area contributed by atoms with Gasteiger partial charge in [0.25, 0.3) is 5.91 Å². The number of amides is 5. The summed E-state index contributed by atoms with van der Waals surface area (Å²) in [6.45, 7) is 2.30. The number of aliphatic hydroxyl groups is 3. The highest BCUT2D eigenvalue weighted by Gasteiger charge is 2.51. The van der Waals surface area contributed by atoms with E-state index in [1.165, 1.54) is 6.33 Å². The predicted octanol–water partition coefficient (Wildman–Crippen LogP) is 0.613. The van der Waals surface area contributed by atoms with Crippen LogP contribution in [0.2, 0.25) is 0 Å². The fraction of sp³-hybridized carbons (Fsp3) is 0.424. The van der Waals surface area contributed by atoms with Crippen molar-refractivity contribution in [2.45, 2.75) is 68.6 Å². The number of carbonyl (C=O) groups excluding carboxylic acids is 3. The number of hydrogen-bond acceptors (Lipinski definition) is 12. The van der Waals surface area contributed by atoms with Crippen molar-refractivity contribution in [3.8, 4) is 0 Å². The number of nitrogens with one attached hydrogen (secondary N) is 4. The van der Waals surface area contributed by atoms with Crippen molar-refractivity contribution in [1.82, 2.24) is 40.0 Å². The Balaban J connectivity index is 1.18. The van der Waals surface area contributed by atoms with Crippen molar-refractivity contribution in [1.29, 1.82) is 0 Å². The molecule has 5 amide bonds. The lowest BCUT2D eigenvalue weighted by atomic mass is 10.1. The summed E-state index contributed by atoms with van der Waals surface area (Å²) in [4.78, 5) is 59.3. The molecule has 2 aliphatic heterocycles. The summed E-state index contributed by atoms with van der Waals surface area (Å²) in [6.07, 6.45) is 3.12. The molecule has 1 saturated carbocycles. The Labute approximate surface area is 286 Å². The van der Waals surface area contributed by atoms with Crippen LogP contribution in [0.15, 0.2) is 61.2 Å². The summed E-state index contributed by atoms with van der Waals surface area (Å²) >= 11 is 0.